The summed E-state index contributed by atoms with van der Waals surface area (Å²) in [5.41, 5.74) is 0.431. The molecule has 1 aromatic carbocycles. The first-order valence-corrected chi connectivity index (χ1v) is 9.10. The third-order valence-electron chi connectivity index (χ3n) is 5.68. The van der Waals surface area contributed by atoms with E-state index in [9.17, 15) is 9.59 Å². The minimum Gasteiger partial charge on any atom is -0.338 e. The maximum Gasteiger partial charge on any atom is 0.253 e. The Morgan fingerprint density at radius 1 is 1.12 bits per heavy atom. The van der Waals surface area contributed by atoms with Gasteiger partial charge in [0, 0.05) is 43.1 Å². The Kier molecular flexibility index (Phi) is 4.01. The lowest BCUT2D eigenvalue weighted by Gasteiger charge is -2.46. The molecule has 4 rings (SSSR count). The predicted molar refractivity (Wildman–Crippen MR) is 91.8 cm³/mol. The highest BCUT2D eigenvalue weighted by atomic mass is 35.5. The highest BCUT2D eigenvalue weighted by Crippen LogP contribution is 2.37. The molecular weight excluding hydrogens is 326 g/mol. The van der Waals surface area contributed by atoms with Crippen LogP contribution in [-0.2, 0) is 4.79 Å². The fourth-order valence-electron chi connectivity index (χ4n) is 4.37. The van der Waals surface area contributed by atoms with Gasteiger partial charge < -0.3 is 10.2 Å². The third kappa shape index (κ3) is 2.60. The van der Waals surface area contributed by atoms with E-state index in [0.717, 1.165) is 38.6 Å². The molecule has 3 saturated heterocycles. The van der Waals surface area contributed by atoms with E-state index < -0.39 is 0 Å². The number of amides is 2. The quantitative estimate of drug-likeness (QED) is 0.847. The van der Waals surface area contributed by atoms with Crippen LogP contribution in [0.15, 0.2) is 24.3 Å². The first-order valence-electron chi connectivity index (χ1n) is 8.73. The van der Waals surface area contributed by atoms with Gasteiger partial charge in [-0.1, -0.05) is 18.0 Å². The second kappa shape index (κ2) is 6.05. The molecule has 0 bridgehead atoms. The van der Waals surface area contributed by atoms with Crippen LogP contribution in [0.2, 0.25) is 5.02 Å². The largest absolute Gasteiger partial charge is 0.338 e. The second-order valence-electron chi connectivity index (χ2n) is 7.02. The molecule has 0 aliphatic carbocycles. The van der Waals surface area contributed by atoms with Crippen LogP contribution >= 0.6 is 11.6 Å². The highest BCUT2D eigenvalue weighted by Gasteiger charge is 2.52. The summed E-state index contributed by atoms with van der Waals surface area (Å²) in [4.78, 5) is 29.2. The Bertz CT molecular complexity index is 653. The fraction of sp³-hybridized carbons (Fsp3) is 0.556. The molecule has 1 atom stereocenters. The number of fused-ring (bicyclic) bond motifs is 2. The molecule has 0 aromatic heterocycles. The number of hydrogen-bond donors (Lipinski definition) is 1. The lowest BCUT2D eigenvalue weighted by atomic mass is 9.92. The molecule has 3 aliphatic heterocycles. The Hall–Kier alpha value is -1.59. The molecule has 24 heavy (non-hydrogen) atoms. The van der Waals surface area contributed by atoms with E-state index in [0.29, 0.717) is 23.7 Å². The molecule has 1 spiro atoms. The van der Waals surface area contributed by atoms with Gasteiger partial charge in [0.15, 0.2) is 0 Å². The van der Waals surface area contributed by atoms with E-state index in [1.165, 1.54) is 0 Å². The minimum absolute atomic E-state index is 0.0391. The molecular formula is C18H22ClN3O2. The molecule has 2 amide bonds. The van der Waals surface area contributed by atoms with Crippen molar-refractivity contribution >= 4 is 23.4 Å². The summed E-state index contributed by atoms with van der Waals surface area (Å²) in [5, 5.41) is 3.88. The maximum absolute atomic E-state index is 12.6. The van der Waals surface area contributed by atoms with Gasteiger partial charge in [-0.15, -0.1) is 0 Å². The summed E-state index contributed by atoms with van der Waals surface area (Å²) in [6.45, 7) is 2.32. The SMILES string of the molecule is O=C1NC2(CCN(C(=O)c3ccc(Cl)cc3)CC2)N2CCCCC12. The van der Waals surface area contributed by atoms with Crippen molar-refractivity contribution in [1.29, 1.82) is 0 Å². The third-order valence-corrected chi connectivity index (χ3v) is 5.93. The van der Waals surface area contributed by atoms with E-state index in [1.54, 1.807) is 24.3 Å². The number of halogens is 1. The van der Waals surface area contributed by atoms with Gasteiger partial charge in [0.05, 0.1) is 11.7 Å². The van der Waals surface area contributed by atoms with Gasteiger partial charge in [-0.25, -0.2) is 0 Å². The number of carbonyl (C=O) groups is 2. The Labute approximate surface area is 146 Å². The van der Waals surface area contributed by atoms with E-state index >= 15 is 0 Å². The molecule has 0 saturated carbocycles. The molecule has 0 radical (unpaired) electrons. The monoisotopic (exact) mass is 347 g/mol. The summed E-state index contributed by atoms with van der Waals surface area (Å²) >= 11 is 5.89. The van der Waals surface area contributed by atoms with Gasteiger partial charge in [-0.2, -0.15) is 0 Å². The van der Waals surface area contributed by atoms with Crippen LogP contribution in [0.25, 0.3) is 0 Å². The fourth-order valence-corrected chi connectivity index (χ4v) is 4.49. The number of carbonyl (C=O) groups excluding carboxylic acids is 2. The van der Waals surface area contributed by atoms with Crippen LogP contribution in [0.5, 0.6) is 0 Å². The van der Waals surface area contributed by atoms with Crippen LogP contribution < -0.4 is 5.32 Å². The van der Waals surface area contributed by atoms with Gasteiger partial charge in [0.25, 0.3) is 5.91 Å². The second-order valence-corrected chi connectivity index (χ2v) is 7.46. The lowest BCUT2D eigenvalue weighted by Crippen LogP contribution is -2.60. The van der Waals surface area contributed by atoms with Crippen LogP contribution in [-0.4, -0.2) is 53.0 Å². The zero-order chi connectivity index (χ0) is 16.7. The number of likely N-dealkylation sites (tertiary alicyclic amines) is 1. The topological polar surface area (TPSA) is 52.7 Å². The molecule has 3 fully saturated rings. The number of piperidine rings is 2. The van der Waals surface area contributed by atoms with E-state index in [2.05, 4.69) is 10.2 Å². The van der Waals surface area contributed by atoms with E-state index in [1.807, 2.05) is 4.90 Å². The first kappa shape index (κ1) is 15.9. The minimum atomic E-state index is -0.237. The number of nitrogens with one attached hydrogen (secondary N) is 1. The van der Waals surface area contributed by atoms with Crippen molar-refractivity contribution in [2.75, 3.05) is 19.6 Å². The molecule has 1 N–H and O–H groups in total. The smallest absolute Gasteiger partial charge is 0.253 e. The Morgan fingerprint density at radius 3 is 2.54 bits per heavy atom. The van der Waals surface area contributed by atoms with Gasteiger partial charge in [0.1, 0.15) is 0 Å². The summed E-state index contributed by atoms with van der Waals surface area (Å²) in [6, 6.07) is 7.07. The standard InChI is InChI=1S/C18H22ClN3O2/c19-14-6-4-13(5-7-14)17(24)21-11-8-18(9-12-21)20-16(23)15-3-1-2-10-22(15)18/h4-7,15H,1-3,8-12H2,(H,20,23). The molecule has 6 heteroatoms. The van der Waals surface area contributed by atoms with Gasteiger partial charge >= 0.3 is 0 Å². The van der Waals surface area contributed by atoms with Gasteiger partial charge in [-0.05, 0) is 37.1 Å². The maximum atomic E-state index is 12.6. The zero-order valence-electron chi connectivity index (χ0n) is 13.6. The van der Waals surface area contributed by atoms with Crippen LogP contribution in [0.1, 0.15) is 42.5 Å². The lowest BCUT2D eigenvalue weighted by molar-refractivity contribution is -0.122. The number of benzene rings is 1. The van der Waals surface area contributed by atoms with Crippen molar-refractivity contribution in [2.24, 2.45) is 0 Å². The summed E-state index contributed by atoms with van der Waals surface area (Å²) < 4.78 is 0. The van der Waals surface area contributed by atoms with Crippen molar-refractivity contribution in [3.63, 3.8) is 0 Å². The molecule has 3 heterocycles. The highest BCUT2D eigenvalue weighted by molar-refractivity contribution is 6.30. The summed E-state index contributed by atoms with van der Waals surface area (Å²) in [7, 11) is 0. The Morgan fingerprint density at radius 2 is 1.83 bits per heavy atom. The van der Waals surface area contributed by atoms with Crippen LogP contribution in [0.4, 0.5) is 0 Å². The summed E-state index contributed by atoms with van der Waals surface area (Å²) in [5.74, 6) is 0.216. The molecule has 3 aliphatic rings. The van der Waals surface area contributed by atoms with Crippen molar-refractivity contribution < 1.29 is 9.59 Å². The van der Waals surface area contributed by atoms with Gasteiger partial charge in [-0.3, -0.25) is 14.5 Å². The van der Waals surface area contributed by atoms with Crippen molar-refractivity contribution in [2.45, 2.75) is 43.8 Å². The molecule has 128 valence electrons. The molecule has 1 aromatic rings. The first-order chi connectivity index (χ1) is 11.6. The molecule has 1 unspecified atom stereocenters. The number of rotatable bonds is 1. The molecule has 5 nitrogen and oxygen atoms in total. The van der Waals surface area contributed by atoms with E-state index in [-0.39, 0.29) is 23.5 Å². The van der Waals surface area contributed by atoms with Crippen LogP contribution in [0.3, 0.4) is 0 Å². The van der Waals surface area contributed by atoms with E-state index in [4.69, 9.17) is 11.6 Å². The van der Waals surface area contributed by atoms with Crippen molar-refractivity contribution in [3.8, 4) is 0 Å². The predicted octanol–water partition coefficient (Wildman–Crippen LogP) is 2.26. The van der Waals surface area contributed by atoms with Crippen molar-refractivity contribution in [3.05, 3.63) is 34.9 Å². The van der Waals surface area contributed by atoms with Gasteiger partial charge in [0.2, 0.25) is 5.91 Å². The average molecular weight is 348 g/mol. The number of hydrogen-bond acceptors (Lipinski definition) is 3. The van der Waals surface area contributed by atoms with Crippen molar-refractivity contribution in [1.82, 2.24) is 15.1 Å². The normalized spacial score (nSPS) is 26.3. The summed E-state index contributed by atoms with van der Waals surface area (Å²) in [6.07, 6.45) is 4.84. The Balaban J connectivity index is 1.46. The number of nitrogens with zero attached hydrogens (tertiary/aromatic N) is 2. The zero-order valence-corrected chi connectivity index (χ0v) is 14.4. The van der Waals surface area contributed by atoms with Crippen LogP contribution in [0, 0.1) is 0 Å². The average Bonchev–Trinajstić information content (AvgIpc) is 2.88.